The van der Waals surface area contributed by atoms with E-state index in [0.29, 0.717) is 0 Å². The van der Waals surface area contributed by atoms with Crippen molar-refractivity contribution in [2.75, 3.05) is 0 Å². The smallest absolute Gasteiger partial charge is 0.0562 e. The van der Waals surface area contributed by atoms with Crippen molar-refractivity contribution in [3.8, 4) is 0 Å². The Morgan fingerprint density at radius 3 is 2.63 bits per heavy atom. The SMILES string of the molecule is NC(c1ccc2c(c1)CCC2)c1ccc(Cl)cc1Br. The van der Waals surface area contributed by atoms with Crippen molar-refractivity contribution in [3.05, 3.63) is 68.1 Å². The number of aryl methyl sites for hydroxylation is 2. The van der Waals surface area contributed by atoms with Crippen LogP contribution in [-0.2, 0) is 12.8 Å². The van der Waals surface area contributed by atoms with Crippen molar-refractivity contribution in [1.82, 2.24) is 0 Å². The summed E-state index contributed by atoms with van der Waals surface area (Å²) in [7, 11) is 0. The molecule has 1 aliphatic rings. The molecule has 3 rings (SSSR count). The largest absolute Gasteiger partial charge is 0.320 e. The Morgan fingerprint density at radius 1 is 1.05 bits per heavy atom. The van der Waals surface area contributed by atoms with Crippen molar-refractivity contribution in [1.29, 1.82) is 0 Å². The molecule has 0 spiro atoms. The summed E-state index contributed by atoms with van der Waals surface area (Å²) in [6.45, 7) is 0. The quantitative estimate of drug-likeness (QED) is 0.849. The zero-order valence-corrected chi connectivity index (χ0v) is 12.8. The maximum Gasteiger partial charge on any atom is 0.0562 e. The zero-order valence-electron chi connectivity index (χ0n) is 10.5. The van der Waals surface area contributed by atoms with Crippen LogP contribution in [0.4, 0.5) is 0 Å². The van der Waals surface area contributed by atoms with Crippen molar-refractivity contribution in [2.24, 2.45) is 5.73 Å². The number of rotatable bonds is 2. The maximum absolute atomic E-state index is 6.39. The van der Waals surface area contributed by atoms with Gasteiger partial charge in [-0.25, -0.2) is 0 Å². The Balaban J connectivity index is 1.97. The van der Waals surface area contributed by atoms with Crippen LogP contribution < -0.4 is 5.73 Å². The summed E-state index contributed by atoms with van der Waals surface area (Å²) in [5.74, 6) is 0. The third-order valence-electron chi connectivity index (χ3n) is 3.78. The normalized spacial score (nSPS) is 15.3. The molecular weight excluding hydrogens is 322 g/mol. The topological polar surface area (TPSA) is 26.0 Å². The molecule has 2 N–H and O–H groups in total. The summed E-state index contributed by atoms with van der Waals surface area (Å²) in [5.41, 5.74) is 11.6. The molecule has 1 aliphatic carbocycles. The fraction of sp³-hybridized carbons (Fsp3) is 0.250. The second-order valence-corrected chi connectivity index (χ2v) is 6.32. The number of hydrogen-bond acceptors (Lipinski definition) is 1. The van der Waals surface area contributed by atoms with E-state index in [-0.39, 0.29) is 6.04 Å². The van der Waals surface area contributed by atoms with Crippen LogP contribution in [0.5, 0.6) is 0 Å². The number of halogens is 2. The van der Waals surface area contributed by atoms with E-state index < -0.39 is 0 Å². The second kappa shape index (κ2) is 5.28. The lowest BCUT2D eigenvalue weighted by Crippen LogP contribution is -2.12. The Morgan fingerprint density at radius 2 is 1.84 bits per heavy atom. The van der Waals surface area contributed by atoms with Gasteiger partial charge in [-0.3, -0.25) is 0 Å². The minimum atomic E-state index is -0.113. The molecule has 1 atom stereocenters. The molecule has 98 valence electrons. The average molecular weight is 337 g/mol. The van der Waals surface area contributed by atoms with Crippen LogP contribution in [0.1, 0.15) is 34.7 Å². The van der Waals surface area contributed by atoms with Gasteiger partial charge in [0, 0.05) is 9.50 Å². The highest BCUT2D eigenvalue weighted by atomic mass is 79.9. The Bertz CT molecular complexity index is 624. The molecule has 0 heterocycles. The van der Waals surface area contributed by atoms with Gasteiger partial charge in [0.25, 0.3) is 0 Å². The lowest BCUT2D eigenvalue weighted by atomic mass is 9.96. The van der Waals surface area contributed by atoms with Crippen LogP contribution in [-0.4, -0.2) is 0 Å². The predicted molar refractivity (Wildman–Crippen MR) is 83.6 cm³/mol. The van der Waals surface area contributed by atoms with Gasteiger partial charge in [-0.15, -0.1) is 0 Å². The summed E-state index contributed by atoms with van der Waals surface area (Å²) >= 11 is 9.52. The first-order valence-electron chi connectivity index (χ1n) is 6.47. The van der Waals surface area contributed by atoms with Gasteiger partial charge in [0.2, 0.25) is 0 Å². The van der Waals surface area contributed by atoms with Gasteiger partial charge in [0.1, 0.15) is 0 Å². The van der Waals surface area contributed by atoms with Crippen molar-refractivity contribution < 1.29 is 0 Å². The Labute approximate surface area is 126 Å². The summed E-state index contributed by atoms with van der Waals surface area (Å²) in [6.07, 6.45) is 3.64. The van der Waals surface area contributed by atoms with E-state index in [1.54, 1.807) is 0 Å². The molecule has 2 aromatic carbocycles. The predicted octanol–water partition coefficient (Wildman–Crippen LogP) is 4.64. The summed E-state index contributed by atoms with van der Waals surface area (Å²) in [6, 6.07) is 12.3. The molecule has 0 fully saturated rings. The van der Waals surface area contributed by atoms with Gasteiger partial charge in [-0.2, -0.15) is 0 Å². The Kier molecular flexibility index (Phi) is 3.66. The third-order valence-corrected chi connectivity index (χ3v) is 4.70. The van der Waals surface area contributed by atoms with Gasteiger partial charge < -0.3 is 5.73 Å². The van der Waals surface area contributed by atoms with E-state index in [2.05, 4.69) is 34.1 Å². The Hall–Kier alpha value is -0.830. The van der Waals surface area contributed by atoms with E-state index in [9.17, 15) is 0 Å². The first-order valence-corrected chi connectivity index (χ1v) is 7.64. The summed E-state index contributed by atoms with van der Waals surface area (Å²) in [4.78, 5) is 0. The molecule has 1 nitrogen and oxygen atoms in total. The standard InChI is InChI=1S/C16H15BrClN/c17-15-9-13(18)6-7-14(15)16(19)12-5-4-10-2-1-3-11(10)8-12/h4-9,16H,1-3,19H2. The first-order chi connectivity index (χ1) is 9.15. The molecule has 0 bridgehead atoms. The van der Waals surface area contributed by atoms with Crippen LogP contribution in [0, 0.1) is 0 Å². The minimum Gasteiger partial charge on any atom is -0.320 e. The number of fused-ring (bicyclic) bond motifs is 1. The van der Waals surface area contributed by atoms with Gasteiger partial charge in [-0.1, -0.05) is 51.8 Å². The average Bonchev–Trinajstić information content (AvgIpc) is 2.85. The minimum absolute atomic E-state index is 0.113. The van der Waals surface area contributed by atoms with Crippen LogP contribution >= 0.6 is 27.5 Å². The van der Waals surface area contributed by atoms with Crippen molar-refractivity contribution >= 4 is 27.5 Å². The highest BCUT2D eigenvalue weighted by Gasteiger charge is 2.16. The van der Waals surface area contributed by atoms with Gasteiger partial charge in [0.15, 0.2) is 0 Å². The fourth-order valence-electron chi connectivity index (χ4n) is 2.72. The lowest BCUT2D eigenvalue weighted by Gasteiger charge is -2.16. The van der Waals surface area contributed by atoms with E-state index in [0.717, 1.165) is 15.1 Å². The molecule has 0 saturated carbocycles. The van der Waals surface area contributed by atoms with Crippen molar-refractivity contribution in [2.45, 2.75) is 25.3 Å². The van der Waals surface area contributed by atoms with Crippen molar-refractivity contribution in [3.63, 3.8) is 0 Å². The highest BCUT2D eigenvalue weighted by molar-refractivity contribution is 9.10. The van der Waals surface area contributed by atoms with Crippen LogP contribution in [0.3, 0.4) is 0 Å². The molecule has 0 aromatic heterocycles. The summed E-state index contributed by atoms with van der Waals surface area (Å²) in [5, 5.41) is 0.719. The van der Waals surface area contributed by atoms with E-state index >= 15 is 0 Å². The zero-order chi connectivity index (χ0) is 13.4. The molecule has 0 saturated heterocycles. The number of nitrogens with two attached hydrogens (primary N) is 1. The monoisotopic (exact) mass is 335 g/mol. The van der Waals surface area contributed by atoms with E-state index in [1.807, 2.05) is 18.2 Å². The van der Waals surface area contributed by atoms with E-state index in [4.69, 9.17) is 17.3 Å². The molecule has 0 amide bonds. The second-order valence-electron chi connectivity index (χ2n) is 5.03. The van der Waals surface area contributed by atoms with Gasteiger partial charge >= 0.3 is 0 Å². The highest BCUT2D eigenvalue weighted by Crippen LogP contribution is 2.31. The molecule has 2 aromatic rings. The molecule has 1 unspecified atom stereocenters. The van der Waals surface area contributed by atoms with Gasteiger partial charge in [-0.05, 0) is 53.6 Å². The molecular formula is C16H15BrClN. The maximum atomic E-state index is 6.39. The molecule has 0 radical (unpaired) electrons. The van der Waals surface area contributed by atoms with Crippen LogP contribution in [0.2, 0.25) is 5.02 Å². The third kappa shape index (κ3) is 2.58. The van der Waals surface area contributed by atoms with E-state index in [1.165, 1.54) is 36.0 Å². The van der Waals surface area contributed by atoms with Crippen LogP contribution in [0.15, 0.2) is 40.9 Å². The molecule has 19 heavy (non-hydrogen) atoms. The van der Waals surface area contributed by atoms with Crippen LogP contribution in [0.25, 0.3) is 0 Å². The molecule has 3 heteroatoms. The first kappa shape index (κ1) is 13.2. The lowest BCUT2D eigenvalue weighted by molar-refractivity contribution is 0.862. The number of hydrogen-bond donors (Lipinski definition) is 1. The fourth-order valence-corrected chi connectivity index (χ4v) is 3.65. The molecule has 0 aliphatic heterocycles. The summed E-state index contributed by atoms with van der Waals surface area (Å²) < 4.78 is 0.966. The van der Waals surface area contributed by atoms with Gasteiger partial charge in [0.05, 0.1) is 6.04 Å². The number of benzene rings is 2.